The highest BCUT2D eigenvalue weighted by Gasteiger charge is 2.28. The quantitative estimate of drug-likeness (QED) is 0.779. The summed E-state index contributed by atoms with van der Waals surface area (Å²) in [6.45, 7) is 0.902. The minimum absolute atomic E-state index is 0.184. The lowest BCUT2D eigenvalue weighted by Crippen LogP contribution is -2.45. The highest BCUT2D eigenvalue weighted by Crippen LogP contribution is 2.16. The first-order valence-electron chi connectivity index (χ1n) is 6.28. The standard InChI is InChI=1S/C13H15BrN2O4/c14-11-8(2-1-4-15-11)6-10(13(18)19)16-12(17)9-3-5-20-7-9/h1-2,4,9-10H,3,5-7H2,(H,16,17)(H,18,19)/t9-,10-/m0/s1. The summed E-state index contributed by atoms with van der Waals surface area (Å²) in [5, 5.41) is 11.8. The van der Waals surface area contributed by atoms with E-state index in [9.17, 15) is 14.7 Å². The Morgan fingerprint density at radius 1 is 1.60 bits per heavy atom. The van der Waals surface area contributed by atoms with Gasteiger partial charge in [0.15, 0.2) is 0 Å². The van der Waals surface area contributed by atoms with Gasteiger partial charge in [0, 0.05) is 19.2 Å². The molecule has 108 valence electrons. The van der Waals surface area contributed by atoms with Gasteiger partial charge in [-0.15, -0.1) is 0 Å². The Balaban J connectivity index is 2.02. The van der Waals surface area contributed by atoms with Crippen LogP contribution in [0.2, 0.25) is 0 Å². The second-order valence-electron chi connectivity index (χ2n) is 4.62. The highest BCUT2D eigenvalue weighted by atomic mass is 79.9. The first-order chi connectivity index (χ1) is 9.58. The van der Waals surface area contributed by atoms with Gasteiger partial charge in [-0.2, -0.15) is 0 Å². The molecule has 2 atom stereocenters. The lowest BCUT2D eigenvalue weighted by molar-refractivity contribution is -0.142. The number of carboxylic acid groups (broad SMARTS) is 1. The van der Waals surface area contributed by atoms with Crippen LogP contribution in [-0.2, 0) is 20.7 Å². The number of aliphatic carboxylic acids is 1. The molecule has 1 aliphatic rings. The van der Waals surface area contributed by atoms with E-state index in [4.69, 9.17) is 4.74 Å². The summed E-state index contributed by atoms with van der Waals surface area (Å²) in [6.07, 6.45) is 2.43. The summed E-state index contributed by atoms with van der Waals surface area (Å²) in [7, 11) is 0. The van der Waals surface area contributed by atoms with Gasteiger partial charge >= 0.3 is 5.97 Å². The van der Waals surface area contributed by atoms with Crippen LogP contribution >= 0.6 is 15.9 Å². The SMILES string of the molecule is O=C(N[C@@H](Cc1cccnc1Br)C(=O)O)[C@H]1CCOC1. The summed E-state index contributed by atoms with van der Waals surface area (Å²) >= 11 is 3.27. The molecular formula is C13H15BrN2O4. The molecule has 0 aliphatic carbocycles. The number of ether oxygens (including phenoxy) is 1. The van der Waals surface area contributed by atoms with Crippen LogP contribution in [0.15, 0.2) is 22.9 Å². The molecule has 1 aromatic rings. The van der Waals surface area contributed by atoms with Crippen molar-refractivity contribution in [3.63, 3.8) is 0 Å². The average molecular weight is 343 g/mol. The van der Waals surface area contributed by atoms with Crippen molar-refractivity contribution >= 4 is 27.8 Å². The number of hydrogen-bond donors (Lipinski definition) is 2. The molecule has 1 saturated heterocycles. The minimum atomic E-state index is -1.06. The number of aromatic nitrogens is 1. The Hall–Kier alpha value is -1.47. The molecule has 1 amide bonds. The zero-order chi connectivity index (χ0) is 14.5. The van der Waals surface area contributed by atoms with Gasteiger partial charge in [-0.05, 0) is 34.0 Å². The van der Waals surface area contributed by atoms with Gasteiger partial charge in [0.1, 0.15) is 10.6 Å². The van der Waals surface area contributed by atoms with Crippen molar-refractivity contribution in [1.29, 1.82) is 0 Å². The Labute approximate surface area is 124 Å². The normalized spacial score (nSPS) is 19.6. The van der Waals surface area contributed by atoms with E-state index in [2.05, 4.69) is 26.2 Å². The maximum Gasteiger partial charge on any atom is 0.326 e. The number of nitrogens with zero attached hydrogens (tertiary/aromatic N) is 1. The lowest BCUT2D eigenvalue weighted by Gasteiger charge is -2.17. The second-order valence-corrected chi connectivity index (χ2v) is 5.37. The van der Waals surface area contributed by atoms with Crippen LogP contribution in [0.5, 0.6) is 0 Å². The predicted octanol–water partition coefficient (Wildman–Crippen LogP) is 0.992. The van der Waals surface area contributed by atoms with Crippen molar-refractivity contribution in [2.75, 3.05) is 13.2 Å². The van der Waals surface area contributed by atoms with Crippen LogP contribution in [0.1, 0.15) is 12.0 Å². The molecule has 0 unspecified atom stereocenters. The number of halogens is 1. The molecular weight excluding hydrogens is 328 g/mol. The van der Waals surface area contributed by atoms with E-state index in [1.54, 1.807) is 18.3 Å². The summed E-state index contributed by atoms with van der Waals surface area (Å²) < 4.78 is 5.72. The van der Waals surface area contributed by atoms with Crippen molar-refractivity contribution in [2.45, 2.75) is 18.9 Å². The largest absolute Gasteiger partial charge is 0.480 e. The lowest BCUT2D eigenvalue weighted by atomic mass is 10.0. The van der Waals surface area contributed by atoms with Crippen molar-refractivity contribution in [3.05, 3.63) is 28.5 Å². The number of amides is 1. The number of pyridine rings is 1. The molecule has 2 rings (SSSR count). The monoisotopic (exact) mass is 342 g/mol. The van der Waals surface area contributed by atoms with Gasteiger partial charge in [0.2, 0.25) is 5.91 Å². The number of rotatable bonds is 5. The fraction of sp³-hybridized carbons (Fsp3) is 0.462. The van der Waals surface area contributed by atoms with Crippen LogP contribution in [0.25, 0.3) is 0 Å². The number of carbonyl (C=O) groups excluding carboxylic acids is 1. The van der Waals surface area contributed by atoms with Crippen LogP contribution in [0, 0.1) is 5.92 Å². The molecule has 1 aliphatic heterocycles. The average Bonchev–Trinajstić information content (AvgIpc) is 2.94. The topological polar surface area (TPSA) is 88.5 Å². The molecule has 0 spiro atoms. The zero-order valence-corrected chi connectivity index (χ0v) is 12.3. The Morgan fingerprint density at radius 3 is 3.00 bits per heavy atom. The van der Waals surface area contributed by atoms with E-state index >= 15 is 0 Å². The third-order valence-electron chi connectivity index (χ3n) is 3.18. The van der Waals surface area contributed by atoms with Crippen molar-refractivity contribution in [3.8, 4) is 0 Å². The van der Waals surface area contributed by atoms with Gasteiger partial charge in [-0.3, -0.25) is 4.79 Å². The third kappa shape index (κ3) is 3.77. The zero-order valence-electron chi connectivity index (χ0n) is 10.7. The molecule has 1 aromatic heterocycles. The van der Waals surface area contributed by atoms with Crippen LogP contribution in [0.4, 0.5) is 0 Å². The van der Waals surface area contributed by atoms with E-state index in [-0.39, 0.29) is 18.2 Å². The molecule has 2 N–H and O–H groups in total. The fourth-order valence-corrected chi connectivity index (χ4v) is 2.43. The van der Waals surface area contributed by atoms with Gasteiger partial charge in [-0.1, -0.05) is 6.07 Å². The third-order valence-corrected chi connectivity index (χ3v) is 3.89. The highest BCUT2D eigenvalue weighted by molar-refractivity contribution is 9.10. The van der Waals surface area contributed by atoms with Crippen LogP contribution in [-0.4, -0.2) is 41.2 Å². The van der Waals surface area contributed by atoms with Crippen molar-refractivity contribution in [2.24, 2.45) is 5.92 Å². The molecule has 1 fully saturated rings. The number of carboxylic acids is 1. The van der Waals surface area contributed by atoms with E-state index in [0.717, 1.165) is 5.56 Å². The first kappa shape index (κ1) is 14.9. The van der Waals surface area contributed by atoms with Gasteiger partial charge < -0.3 is 15.2 Å². The smallest absolute Gasteiger partial charge is 0.326 e. The Bertz CT molecular complexity index is 503. The van der Waals surface area contributed by atoms with Gasteiger partial charge in [0.25, 0.3) is 0 Å². The molecule has 0 radical (unpaired) electrons. The summed E-state index contributed by atoms with van der Waals surface area (Å²) in [5.74, 6) is -1.59. The summed E-state index contributed by atoms with van der Waals surface area (Å²) in [6, 6.07) is 2.53. The summed E-state index contributed by atoms with van der Waals surface area (Å²) in [4.78, 5) is 27.3. The molecule has 6 nitrogen and oxygen atoms in total. The number of carbonyl (C=O) groups is 2. The number of nitrogens with one attached hydrogen (secondary N) is 1. The van der Waals surface area contributed by atoms with Crippen molar-refractivity contribution < 1.29 is 19.4 Å². The van der Waals surface area contributed by atoms with Crippen LogP contribution in [0.3, 0.4) is 0 Å². The van der Waals surface area contributed by atoms with Gasteiger partial charge in [-0.25, -0.2) is 9.78 Å². The molecule has 0 saturated carbocycles. The predicted molar refractivity (Wildman–Crippen MR) is 74.1 cm³/mol. The minimum Gasteiger partial charge on any atom is -0.480 e. The second kappa shape index (κ2) is 6.81. The molecule has 20 heavy (non-hydrogen) atoms. The molecule has 0 aromatic carbocycles. The Kier molecular flexibility index (Phi) is 5.08. The van der Waals surface area contributed by atoms with Gasteiger partial charge in [0.05, 0.1) is 12.5 Å². The van der Waals surface area contributed by atoms with E-state index < -0.39 is 12.0 Å². The fourth-order valence-electron chi connectivity index (χ4n) is 2.02. The maximum atomic E-state index is 12.0. The van der Waals surface area contributed by atoms with Crippen molar-refractivity contribution in [1.82, 2.24) is 10.3 Å². The first-order valence-corrected chi connectivity index (χ1v) is 7.07. The molecule has 7 heteroatoms. The Morgan fingerprint density at radius 2 is 2.40 bits per heavy atom. The van der Waals surface area contributed by atoms with Crippen LogP contribution < -0.4 is 5.32 Å². The summed E-state index contributed by atoms with van der Waals surface area (Å²) in [5.41, 5.74) is 0.739. The number of hydrogen-bond acceptors (Lipinski definition) is 4. The van der Waals surface area contributed by atoms with E-state index in [1.807, 2.05) is 0 Å². The molecule has 0 bridgehead atoms. The van der Waals surface area contributed by atoms with E-state index in [0.29, 0.717) is 24.2 Å². The molecule has 2 heterocycles. The van der Waals surface area contributed by atoms with E-state index in [1.165, 1.54) is 0 Å². The maximum absolute atomic E-state index is 12.0.